The third kappa shape index (κ3) is 3.92. The zero-order chi connectivity index (χ0) is 12.7. The van der Waals surface area contributed by atoms with E-state index in [0.29, 0.717) is 19.8 Å². The summed E-state index contributed by atoms with van der Waals surface area (Å²) in [4.78, 5) is 7.86. The van der Waals surface area contributed by atoms with E-state index in [0.717, 1.165) is 28.8 Å². The molecule has 0 radical (unpaired) electrons. The highest BCUT2D eigenvalue weighted by molar-refractivity contribution is 7.15. The summed E-state index contributed by atoms with van der Waals surface area (Å²) in [7, 11) is 3.37. The first-order chi connectivity index (χ1) is 8.26. The van der Waals surface area contributed by atoms with Gasteiger partial charge in [-0.05, 0) is 6.92 Å². The van der Waals surface area contributed by atoms with Gasteiger partial charge in [0.25, 0.3) is 0 Å². The average Bonchev–Trinajstić information content (AvgIpc) is 2.74. The molecule has 0 atom stereocenters. The van der Waals surface area contributed by atoms with E-state index in [1.54, 1.807) is 25.6 Å². The van der Waals surface area contributed by atoms with Crippen LogP contribution in [0.4, 0.5) is 5.13 Å². The van der Waals surface area contributed by atoms with Gasteiger partial charge >= 0.3 is 0 Å². The number of thiazole rings is 1. The van der Waals surface area contributed by atoms with E-state index in [2.05, 4.69) is 16.8 Å². The molecular formula is C11H21N3O2S. The number of aromatic nitrogens is 1. The number of nitrogens with zero attached hydrogens (tertiary/aromatic N) is 2. The Morgan fingerprint density at radius 3 is 2.65 bits per heavy atom. The summed E-state index contributed by atoms with van der Waals surface area (Å²) in [6.45, 7) is 5.59. The van der Waals surface area contributed by atoms with E-state index >= 15 is 0 Å². The molecule has 0 saturated heterocycles. The molecule has 6 heteroatoms. The van der Waals surface area contributed by atoms with Crippen molar-refractivity contribution in [1.82, 2.24) is 4.98 Å². The van der Waals surface area contributed by atoms with Gasteiger partial charge < -0.3 is 20.1 Å². The maximum Gasteiger partial charge on any atom is 0.185 e. The minimum Gasteiger partial charge on any atom is -0.383 e. The number of anilines is 1. The van der Waals surface area contributed by atoms with Crippen molar-refractivity contribution in [2.75, 3.05) is 38.8 Å². The van der Waals surface area contributed by atoms with Crippen molar-refractivity contribution in [3.63, 3.8) is 0 Å². The maximum atomic E-state index is 5.71. The molecule has 0 spiro atoms. The Kier molecular flexibility index (Phi) is 6.43. The zero-order valence-corrected chi connectivity index (χ0v) is 11.5. The molecule has 0 unspecified atom stereocenters. The molecule has 2 N–H and O–H groups in total. The summed E-state index contributed by atoms with van der Waals surface area (Å²) < 4.78 is 10.2. The summed E-state index contributed by atoms with van der Waals surface area (Å²) in [5, 5.41) is 0.997. The van der Waals surface area contributed by atoms with Crippen LogP contribution in [0.1, 0.15) is 17.5 Å². The van der Waals surface area contributed by atoms with Crippen molar-refractivity contribution in [2.45, 2.75) is 20.1 Å². The molecule has 0 fully saturated rings. The van der Waals surface area contributed by atoms with Crippen LogP contribution in [0.3, 0.4) is 0 Å². The summed E-state index contributed by atoms with van der Waals surface area (Å²) >= 11 is 1.64. The van der Waals surface area contributed by atoms with Crippen molar-refractivity contribution < 1.29 is 9.47 Å². The van der Waals surface area contributed by atoms with E-state index in [1.165, 1.54) is 0 Å². The lowest BCUT2D eigenvalue weighted by atomic mass is 10.4. The molecule has 5 nitrogen and oxygen atoms in total. The molecule has 1 aromatic rings. The number of ether oxygens (including phenoxy) is 2. The molecular weight excluding hydrogens is 238 g/mol. The van der Waals surface area contributed by atoms with Gasteiger partial charge in [0.05, 0.1) is 18.9 Å². The molecule has 0 bridgehead atoms. The lowest BCUT2D eigenvalue weighted by Crippen LogP contribution is -2.26. The molecule has 1 heterocycles. The normalized spacial score (nSPS) is 10.8. The summed E-state index contributed by atoms with van der Waals surface area (Å²) in [5.74, 6) is 0. The van der Waals surface area contributed by atoms with Gasteiger partial charge in [0.15, 0.2) is 5.13 Å². The van der Waals surface area contributed by atoms with Crippen molar-refractivity contribution in [3.8, 4) is 0 Å². The van der Waals surface area contributed by atoms with E-state index in [4.69, 9.17) is 15.2 Å². The monoisotopic (exact) mass is 259 g/mol. The van der Waals surface area contributed by atoms with Crippen LogP contribution in [0.15, 0.2) is 0 Å². The first-order valence-corrected chi connectivity index (χ1v) is 6.49. The SMILES string of the molecule is CCN(CCOC)c1nc(COC)c(CN)s1. The van der Waals surface area contributed by atoms with Crippen LogP contribution >= 0.6 is 11.3 Å². The van der Waals surface area contributed by atoms with E-state index in [9.17, 15) is 0 Å². The van der Waals surface area contributed by atoms with Gasteiger partial charge in [-0.25, -0.2) is 4.98 Å². The smallest absolute Gasteiger partial charge is 0.185 e. The number of rotatable bonds is 8. The predicted octanol–water partition coefficient (Wildman–Crippen LogP) is 1.22. The largest absolute Gasteiger partial charge is 0.383 e. The summed E-state index contributed by atoms with van der Waals surface area (Å²) in [6, 6.07) is 0. The molecule has 0 aromatic carbocycles. The summed E-state index contributed by atoms with van der Waals surface area (Å²) in [5.41, 5.74) is 6.66. The van der Waals surface area contributed by atoms with Crippen LogP contribution in [-0.2, 0) is 22.6 Å². The Morgan fingerprint density at radius 2 is 2.12 bits per heavy atom. The predicted molar refractivity (Wildman–Crippen MR) is 70.5 cm³/mol. The van der Waals surface area contributed by atoms with Crippen molar-refractivity contribution in [2.24, 2.45) is 5.73 Å². The van der Waals surface area contributed by atoms with Gasteiger partial charge in [-0.1, -0.05) is 0 Å². The number of methoxy groups -OCH3 is 2. The molecule has 1 rings (SSSR count). The van der Waals surface area contributed by atoms with E-state index in [-0.39, 0.29) is 0 Å². The fourth-order valence-corrected chi connectivity index (χ4v) is 2.54. The van der Waals surface area contributed by atoms with Gasteiger partial charge in [-0.15, -0.1) is 11.3 Å². The minimum atomic E-state index is 0.512. The first kappa shape index (κ1) is 14.4. The molecule has 0 saturated carbocycles. The molecule has 0 aliphatic carbocycles. The Balaban J connectivity index is 2.80. The first-order valence-electron chi connectivity index (χ1n) is 5.68. The molecule has 17 heavy (non-hydrogen) atoms. The van der Waals surface area contributed by atoms with Gasteiger partial charge in [0, 0.05) is 38.7 Å². The second-order valence-corrected chi connectivity index (χ2v) is 4.64. The second-order valence-electron chi connectivity index (χ2n) is 3.58. The van der Waals surface area contributed by atoms with Gasteiger partial charge in [-0.3, -0.25) is 0 Å². The van der Waals surface area contributed by atoms with Gasteiger partial charge in [-0.2, -0.15) is 0 Å². The number of likely N-dealkylation sites (N-methyl/N-ethyl adjacent to an activating group) is 1. The number of nitrogens with two attached hydrogens (primary N) is 1. The van der Waals surface area contributed by atoms with Crippen molar-refractivity contribution >= 4 is 16.5 Å². The molecule has 1 aromatic heterocycles. The van der Waals surface area contributed by atoms with Crippen LogP contribution in [-0.4, -0.2) is 38.9 Å². The Bertz CT molecular complexity index is 331. The number of hydrogen-bond donors (Lipinski definition) is 1. The highest BCUT2D eigenvalue weighted by atomic mass is 32.1. The quantitative estimate of drug-likeness (QED) is 0.760. The maximum absolute atomic E-state index is 5.71. The molecule has 0 amide bonds. The van der Waals surface area contributed by atoms with Crippen LogP contribution in [0, 0.1) is 0 Å². The average molecular weight is 259 g/mol. The highest BCUT2D eigenvalue weighted by Gasteiger charge is 2.14. The van der Waals surface area contributed by atoms with Gasteiger partial charge in [0.1, 0.15) is 0 Å². The standard InChI is InChI=1S/C11H21N3O2S/c1-4-14(5-6-15-2)11-13-9(8-16-3)10(7-12)17-11/h4-8,12H2,1-3H3. The number of hydrogen-bond acceptors (Lipinski definition) is 6. The van der Waals surface area contributed by atoms with Crippen LogP contribution in [0.5, 0.6) is 0 Å². The van der Waals surface area contributed by atoms with Crippen LogP contribution in [0.25, 0.3) is 0 Å². The lowest BCUT2D eigenvalue weighted by Gasteiger charge is -2.18. The molecule has 0 aliphatic heterocycles. The fourth-order valence-electron chi connectivity index (χ4n) is 1.50. The highest BCUT2D eigenvalue weighted by Crippen LogP contribution is 2.26. The molecule has 0 aliphatic rings. The fraction of sp³-hybridized carbons (Fsp3) is 0.727. The van der Waals surface area contributed by atoms with Crippen molar-refractivity contribution in [3.05, 3.63) is 10.6 Å². The third-order valence-corrected chi connectivity index (χ3v) is 3.63. The van der Waals surface area contributed by atoms with E-state index < -0.39 is 0 Å². The van der Waals surface area contributed by atoms with Crippen LogP contribution in [0.2, 0.25) is 0 Å². The van der Waals surface area contributed by atoms with Gasteiger partial charge in [0.2, 0.25) is 0 Å². The summed E-state index contributed by atoms with van der Waals surface area (Å²) in [6.07, 6.45) is 0. The third-order valence-electron chi connectivity index (χ3n) is 2.45. The zero-order valence-electron chi connectivity index (χ0n) is 10.7. The van der Waals surface area contributed by atoms with Crippen molar-refractivity contribution in [1.29, 1.82) is 0 Å². The molecule has 98 valence electrons. The van der Waals surface area contributed by atoms with E-state index in [1.807, 2.05) is 0 Å². The minimum absolute atomic E-state index is 0.512. The Hall–Kier alpha value is -0.690. The Labute approximate surface area is 107 Å². The lowest BCUT2D eigenvalue weighted by molar-refractivity contribution is 0.181. The second kappa shape index (κ2) is 7.60. The topological polar surface area (TPSA) is 60.6 Å². The van der Waals surface area contributed by atoms with Crippen LogP contribution < -0.4 is 10.6 Å². The Morgan fingerprint density at radius 1 is 1.35 bits per heavy atom.